The summed E-state index contributed by atoms with van der Waals surface area (Å²) in [4.78, 5) is 2.51. The van der Waals surface area contributed by atoms with Gasteiger partial charge in [0.15, 0.2) is 0 Å². The Balaban J connectivity index is 1.89. The fraction of sp³-hybridized carbons (Fsp3) is 0.929. The predicted molar refractivity (Wildman–Crippen MR) is 67.3 cm³/mol. The van der Waals surface area contributed by atoms with Crippen molar-refractivity contribution in [2.75, 3.05) is 13.1 Å². The van der Waals surface area contributed by atoms with Crippen LogP contribution >= 0.6 is 0 Å². The van der Waals surface area contributed by atoms with Gasteiger partial charge in [-0.05, 0) is 51.6 Å². The van der Waals surface area contributed by atoms with Crippen molar-refractivity contribution in [1.29, 1.82) is 5.26 Å². The third kappa shape index (κ3) is 3.00. The van der Waals surface area contributed by atoms with Crippen LogP contribution in [0.4, 0.5) is 0 Å². The Labute approximate surface area is 104 Å². The zero-order valence-electron chi connectivity index (χ0n) is 10.8. The van der Waals surface area contributed by atoms with Crippen LogP contribution in [0, 0.1) is 23.2 Å². The van der Waals surface area contributed by atoms with Gasteiger partial charge in [-0.25, -0.2) is 0 Å². The van der Waals surface area contributed by atoms with Crippen LogP contribution < -0.4 is 0 Å². The summed E-state index contributed by atoms with van der Waals surface area (Å²) in [5, 5.41) is 18.8. The number of piperidine rings is 1. The lowest BCUT2D eigenvalue weighted by Crippen LogP contribution is -2.47. The molecular formula is C14H24N2O. The third-order valence-corrected chi connectivity index (χ3v) is 4.62. The number of nitriles is 1. The molecule has 0 bridgehead atoms. The maximum Gasteiger partial charge on any atom is 0.0672 e. The maximum absolute atomic E-state index is 9.60. The molecule has 0 amide bonds. The summed E-state index contributed by atoms with van der Waals surface area (Å²) >= 11 is 0. The Morgan fingerprint density at radius 2 is 1.82 bits per heavy atom. The Morgan fingerprint density at radius 3 is 2.41 bits per heavy atom. The minimum absolute atomic E-state index is 0.171. The molecule has 1 saturated carbocycles. The predicted octanol–water partition coefficient (Wildman–Crippen LogP) is 2.16. The van der Waals surface area contributed by atoms with Crippen molar-refractivity contribution < 1.29 is 5.11 Å². The lowest BCUT2D eigenvalue weighted by atomic mass is 9.82. The summed E-state index contributed by atoms with van der Waals surface area (Å²) in [5.74, 6) is 0.710. The Kier molecular flexibility index (Phi) is 4.42. The number of hydrogen-bond donors (Lipinski definition) is 1. The van der Waals surface area contributed by atoms with Crippen molar-refractivity contribution in [3.05, 3.63) is 0 Å². The molecule has 96 valence electrons. The van der Waals surface area contributed by atoms with E-state index >= 15 is 0 Å². The maximum atomic E-state index is 9.60. The van der Waals surface area contributed by atoms with Crippen LogP contribution in [0.5, 0.6) is 0 Å². The molecule has 3 heteroatoms. The Bertz CT molecular complexity index is 276. The third-order valence-electron chi connectivity index (χ3n) is 4.62. The van der Waals surface area contributed by atoms with Gasteiger partial charge in [0, 0.05) is 6.04 Å². The average molecular weight is 236 g/mol. The molecule has 0 aromatic rings. The zero-order chi connectivity index (χ0) is 12.3. The molecule has 1 aliphatic heterocycles. The molecule has 17 heavy (non-hydrogen) atoms. The SMILES string of the molecule is CC(O)C1CCN(C2CCCCC2C#N)CC1. The van der Waals surface area contributed by atoms with E-state index in [1.165, 1.54) is 19.3 Å². The van der Waals surface area contributed by atoms with Crippen molar-refractivity contribution in [1.82, 2.24) is 4.90 Å². The van der Waals surface area contributed by atoms with Crippen LogP contribution in [0.1, 0.15) is 45.4 Å². The van der Waals surface area contributed by atoms with Gasteiger partial charge >= 0.3 is 0 Å². The first-order chi connectivity index (χ1) is 8.22. The van der Waals surface area contributed by atoms with E-state index in [0.29, 0.717) is 12.0 Å². The lowest BCUT2D eigenvalue weighted by Gasteiger charge is -2.41. The molecule has 1 aliphatic carbocycles. The number of nitrogens with zero attached hydrogens (tertiary/aromatic N) is 2. The molecule has 1 N–H and O–H groups in total. The van der Waals surface area contributed by atoms with Crippen molar-refractivity contribution >= 4 is 0 Å². The summed E-state index contributed by atoms with van der Waals surface area (Å²) in [5.41, 5.74) is 0. The second kappa shape index (κ2) is 5.84. The van der Waals surface area contributed by atoms with Crippen molar-refractivity contribution in [3.8, 4) is 6.07 Å². The largest absolute Gasteiger partial charge is 0.393 e. The highest BCUT2D eigenvalue weighted by molar-refractivity contribution is 4.96. The van der Waals surface area contributed by atoms with E-state index in [0.717, 1.165) is 32.4 Å². The van der Waals surface area contributed by atoms with Crippen LogP contribution in [-0.4, -0.2) is 35.2 Å². The fourth-order valence-electron chi connectivity index (χ4n) is 3.43. The lowest BCUT2D eigenvalue weighted by molar-refractivity contribution is 0.0385. The zero-order valence-corrected chi connectivity index (χ0v) is 10.8. The van der Waals surface area contributed by atoms with Gasteiger partial charge in [0.2, 0.25) is 0 Å². The summed E-state index contributed by atoms with van der Waals surface area (Å²) in [7, 11) is 0. The summed E-state index contributed by atoms with van der Waals surface area (Å²) in [6, 6.07) is 2.98. The van der Waals surface area contributed by atoms with E-state index in [4.69, 9.17) is 0 Å². The molecule has 3 nitrogen and oxygen atoms in total. The van der Waals surface area contributed by atoms with Crippen molar-refractivity contribution in [2.45, 2.75) is 57.6 Å². The van der Waals surface area contributed by atoms with Gasteiger partial charge in [0.25, 0.3) is 0 Å². The van der Waals surface area contributed by atoms with E-state index in [1.807, 2.05) is 6.92 Å². The highest BCUT2D eigenvalue weighted by Crippen LogP contribution is 2.31. The first-order valence-electron chi connectivity index (χ1n) is 7.04. The molecule has 0 aromatic carbocycles. The molecular weight excluding hydrogens is 212 g/mol. The summed E-state index contributed by atoms with van der Waals surface area (Å²) in [6.07, 6.45) is 6.78. The highest BCUT2D eigenvalue weighted by atomic mass is 16.3. The second-order valence-electron chi connectivity index (χ2n) is 5.70. The minimum atomic E-state index is -0.171. The van der Waals surface area contributed by atoms with Crippen LogP contribution in [0.25, 0.3) is 0 Å². The van der Waals surface area contributed by atoms with Gasteiger partial charge in [-0.15, -0.1) is 0 Å². The number of likely N-dealkylation sites (tertiary alicyclic amines) is 1. The first-order valence-corrected chi connectivity index (χ1v) is 7.04. The number of aliphatic hydroxyl groups is 1. The van der Waals surface area contributed by atoms with Gasteiger partial charge in [-0.3, -0.25) is 4.90 Å². The molecule has 3 atom stereocenters. The monoisotopic (exact) mass is 236 g/mol. The normalized spacial score (nSPS) is 34.2. The number of aliphatic hydroxyl groups excluding tert-OH is 1. The summed E-state index contributed by atoms with van der Waals surface area (Å²) < 4.78 is 0. The molecule has 3 unspecified atom stereocenters. The van der Waals surface area contributed by atoms with Crippen molar-refractivity contribution in [3.63, 3.8) is 0 Å². The molecule has 2 aliphatic rings. The fourth-order valence-corrected chi connectivity index (χ4v) is 3.43. The molecule has 0 aromatic heterocycles. The minimum Gasteiger partial charge on any atom is -0.393 e. The average Bonchev–Trinajstić information content (AvgIpc) is 2.39. The van der Waals surface area contributed by atoms with Gasteiger partial charge in [0.05, 0.1) is 18.1 Å². The Hall–Kier alpha value is -0.590. The smallest absolute Gasteiger partial charge is 0.0672 e. The Morgan fingerprint density at radius 1 is 1.18 bits per heavy atom. The van der Waals surface area contributed by atoms with Gasteiger partial charge in [-0.1, -0.05) is 12.8 Å². The molecule has 0 spiro atoms. The standard InChI is InChI=1S/C14H24N2O/c1-11(17)12-6-8-16(9-7-12)14-5-3-2-4-13(14)10-15/h11-14,17H,2-9H2,1H3. The van der Waals surface area contributed by atoms with E-state index in [1.54, 1.807) is 0 Å². The number of rotatable bonds is 2. The van der Waals surface area contributed by atoms with Crippen LogP contribution in [0.2, 0.25) is 0 Å². The number of hydrogen-bond acceptors (Lipinski definition) is 3. The van der Waals surface area contributed by atoms with Gasteiger partial charge in [0.1, 0.15) is 0 Å². The quantitative estimate of drug-likeness (QED) is 0.799. The van der Waals surface area contributed by atoms with Crippen LogP contribution in [0.3, 0.4) is 0 Å². The van der Waals surface area contributed by atoms with Crippen LogP contribution in [-0.2, 0) is 0 Å². The molecule has 2 rings (SSSR count). The van der Waals surface area contributed by atoms with Gasteiger partial charge < -0.3 is 5.11 Å². The van der Waals surface area contributed by atoms with Crippen LogP contribution in [0.15, 0.2) is 0 Å². The first kappa shape index (κ1) is 12.9. The van der Waals surface area contributed by atoms with E-state index in [2.05, 4.69) is 11.0 Å². The van der Waals surface area contributed by atoms with E-state index < -0.39 is 0 Å². The van der Waals surface area contributed by atoms with E-state index in [9.17, 15) is 10.4 Å². The summed E-state index contributed by atoms with van der Waals surface area (Å²) in [6.45, 7) is 4.04. The van der Waals surface area contributed by atoms with E-state index in [-0.39, 0.29) is 12.0 Å². The van der Waals surface area contributed by atoms with Crippen molar-refractivity contribution in [2.24, 2.45) is 11.8 Å². The highest BCUT2D eigenvalue weighted by Gasteiger charge is 2.33. The topological polar surface area (TPSA) is 47.3 Å². The second-order valence-corrected chi connectivity index (χ2v) is 5.70. The molecule has 1 saturated heterocycles. The molecule has 0 radical (unpaired) electrons. The molecule has 2 fully saturated rings. The van der Waals surface area contributed by atoms with Gasteiger partial charge in [-0.2, -0.15) is 5.26 Å². The molecule has 1 heterocycles.